The lowest BCUT2D eigenvalue weighted by molar-refractivity contribution is 0.430. The van der Waals surface area contributed by atoms with Crippen molar-refractivity contribution < 1.29 is 0 Å². The van der Waals surface area contributed by atoms with Crippen LogP contribution in [-0.4, -0.2) is 26.7 Å². The van der Waals surface area contributed by atoms with Gasteiger partial charge >= 0.3 is 0 Å². The van der Waals surface area contributed by atoms with E-state index in [1.54, 1.807) is 6.33 Å². The van der Waals surface area contributed by atoms with Gasteiger partial charge in [0, 0.05) is 24.9 Å². The Morgan fingerprint density at radius 3 is 2.88 bits per heavy atom. The van der Waals surface area contributed by atoms with Crippen molar-refractivity contribution in [2.24, 2.45) is 11.8 Å². The van der Waals surface area contributed by atoms with Gasteiger partial charge in [0.05, 0.1) is 0 Å². The fourth-order valence-corrected chi connectivity index (χ4v) is 1.89. The van der Waals surface area contributed by atoms with Crippen LogP contribution in [-0.2, 0) is 13.0 Å². The molecule has 1 heterocycles. The minimum atomic E-state index is 0.212. The third-order valence-electron chi connectivity index (χ3n) is 2.58. The summed E-state index contributed by atoms with van der Waals surface area (Å²) in [7, 11) is 0. The summed E-state index contributed by atoms with van der Waals surface area (Å²) in [6.07, 6.45) is 4.30. The summed E-state index contributed by atoms with van der Waals surface area (Å²) in [6.45, 7) is 5.22. The monoisotopic (exact) mass is 259 g/mol. The summed E-state index contributed by atoms with van der Waals surface area (Å²) in [5.41, 5.74) is 2.82. The Morgan fingerprint density at radius 1 is 1.53 bits per heavy atom. The minimum Gasteiger partial charge on any atom is -0.271 e. The maximum absolute atomic E-state index is 5.68. The van der Waals surface area contributed by atoms with Crippen LogP contribution in [0.4, 0.5) is 0 Å². The van der Waals surface area contributed by atoms with Crippen LogP contribution in [0.2, 0.25) is 0 Å². The second-order valence-electron chi connectivity index (χ2n) is 4.65. The number of rotatable bonds is 8. The third-order valence-corrected chi connectivity index (χ3v) is 2.85. The van der Waals surface area contributed by atoms with Crippen LogP contribution < -0.4 is 11.3 Å². The van der Waals surface area contributed by atoms with Gasteiger partial charge in [-0.15, -0.1) is 11.6 Å². The highest BCUT2D eigenvalue weighted by molar-refractivity contribution is 6.17. The lowest BCUT2D eigenvalue weighted by Gasteiger charge is -2.15. The van der Waals surface area contributed by atoms with Gasteiger partial charge in [0.2, 0.25) is 0 Å². The first-order valence-electron chi connectivity index (χ1n) is 6.06. The maximum Gasteiger partial charge on any atom is 0.138 e. The number of aromatic nitrogens is 3. The number of alkyl halides is 1. The van der Waals surface area contributed by atoms with Gasteiger partial charge in [0.25, 0.3) is 0 Å². The SMILES string of the molecule is CC(C)Cn1ncnc1CC(CCCCl)NN. The average Bonchev–Trinajstić information content (AvgIpc) is 2.70. The van der Waals surface area contributed by atoms with Crippen LogP contribution in [0.5, 0.6) is 0 Å². The first-order valence-corrected chi connectivity index (χ1v) is 6.59. The van der Waals surface area contributed by atoms with E-state index in [4.69, 9.17) is 17.4 Å². The Hall–Kier alpha value is -0.650. The van der Waals surface area contributed by atoms with E-state index in [0.717, 1.165) is 31.6 Å². The summed E-state index contributed by atoms with van der Waals surface area (Å²) in [5, 5.41) is 4.23. The molecule has 1 rings (SSSR count). The molecule has 0 fully saturated rings. The maximum atomic E-state index is 5.68. The average molecular weight is 260 g/mol. The highest BCUT2D eigenvalue weighted by atomic mass is 35.5. The van der Waals surface area contributed by atoms with E-state index in [0.29, 0.717) is 11.8 Å². The zero-order chi connectivity index (χ0) is 12.7. The van der Waals surface area contributed by atoms with Gasteiger partial charge in [-0.05, 0) is 18.8 Å². The van der Waals surface area contributed by atoms with Crippen molar-refractivity contribution >= 4 is 11.6 Å². The summed E-state index contributed by atoms with van der Waals surface area (Å²) in [5.74, 6) is 7.74. The summed E-state index contributed by atoms with van der Waals surface area (Å²) in [6, 6.07) is 0.212. The Labute approximate surface area is 108 Å². The molecule has 0 saturated carbocycles. The molecule has 1 aromatic rings. The molecule has 1 aromatic heterocycles. The largest absolute Gasteiger partial charge is 0.271 e. The fourth-order valence-electron chi connectivity index (χ4n) is 1.73. The molecule has 0 bridgehead atoms. The molecule has 6 heteroatoms. The highest BCUT2D eigenvalue weighted by Crippen LogP contribution is 2.07. The highest BCUT2D eigenvalue weighted by Gasteiger charge is 2.12. The van der Waals surface area contributed by atoms with Gasteiger partial charge in [-0.1, -0.05) is 13.8 Å². The molecule has 0 saturated heterocycles. The number of nitrogens with two attached hydrogens (primary N) is 1. The molecule has 0 aromatic carbocycles. The smallest absolute Gasteiger partial charge is 0.138 e. The molecule has 0 aliphatic heterocycles. The van der Waals surface area contributed by atoms with E-state index in [1.165, 1.54) is 0 Å². The zero-order valence-electron chi connectivity index (χ0n) is 10.6. The molecule has 98 valence electrons. The predicted molar refractivity (Wildman–Crippen MR) is 69.6 cm³/mol. The van der Waals surface area contributed by atoms with Crippen molar-refractivity contribution in [2.45, 2.75) is 45.7 Å². The summed E-state index contributed by atoms with van der Waals surface area (Å²) >= 11 is 5.68. The minimum absolute atomic E-state index is 0.212. The predicted octanol–water partition coefficient (Wildman–Crippen LogP) is 1.33. The molecule has 5 nitrogen and oxygen atoms in total. The molecule has 0 amide bonds. The quantitative estimate of drug-likeness (QED) is 0.420. The van der Waals surface area contributed by atoms with Gasteiger partial charge in [0.1, 0.15) is 12.2 Å². The molecule has 0 radical (unpaired) electrons. The van der Waals surface area contributed by atoms with Crippen molar-refractivity contribution in [2.75, 3.05) is 5.88 Å². The van der Waals surface area contributed by atoms with Crippen LogP contribution in [0.15, 0.2) is 6.33 Å². The van der Waals surface area contributed by atoms with Crippen molar-refractivity contribution in [3.63, 3.8) is 0 Å². The van der Waals surface area contributed by atoms with Gasteiger partial charge in [0.15, 0.2) is 0 Å². The van der Waals surface area contributed by atoms with Crippen LogP contribution in [0.25, 0.3) is 0 Å². The van der Waals surface area contributed by atoms with E-state index in [-0.39, 0.29) is 6.04 Å². The second kappa shape index (κ2) is 7.63. The van der Waals surface area contributed by atoms with Crippen molar-refractivity contribution in [3.05, 3.63) is 12.2 Å². The molecule has 17 heavy (non-hydrogen) atoms. The van der Waals surface area contributed by atoms with E-state index < -0.39 is 0 Å². The first kappa shape index (κ1) is 14.4. The van der Waals surface area contributed by atoms with Gasteiger partial charge in [-0.2, -0.15) is 5.10 Å². The Morgan fingerprint density at radius 2 is 2.29 bits per heavy atom. The van der Waals surface area contributed by atoms with Gasteiger partial charge in [-0.3, -0.25) is 11.3 Å². The molecule has 3 N–H and O–H groups in total. The van der Waals surface area contributed by atoms with Crippen LogP contribution in [0.3, 0.4) is 0 Å². The van der Waals surface area contributed by atoms with Crippen molar-refractivity contribution in [1.29, 1.82) is 0 Å². The zero-order valence-corrected chi connectivity index (χ0v) is 11.3. The number of hydrogen-bond acceptors (Lipinski definition) is 4. The summed E-state index contributed by atoms with van der Waals surface area (Å²) < 4.78 is 1.95. The van der Waals surface area contributed by atoms with E-state index >= 15 is 0 Å². The lowest BCUT2D eigenvalue weighted by atomic mass is 10.1. The number of hydrazine groups is 1. The molecule has 0 aliphatic rings. The Balaban J connectivity index is 2.56. The third kappa shape index (κ3) is 5.02. The standard InChI is InChI=1S/C11H22ClN5/c1-9(2)7-17-11(14-8-15-17)6-10(16-13)4-3-5-12/h8-10,16H,3-7,13H2,1-2H3. The van der Waals surface area contributed by atoms with Crippen LogP contribution >= 0.6 is 11.6 Å². The molecule has 1 atom stereocenters. The Bertz CT molecular complexity index is 313. The molecule has 0 aliphatic carbocycles. The first-order chi connectivity index (χ1) is 8.17. The molecule has 1 unspecified atom stereocenters. The molecular formula is C11H22ClN5. The second-order valence-corrected chi connectivity index (χ2v) is 5.03. The van der Waals surface area contributed by atoms with Crippen LogP contribution in [0.1, 0.15) is 32.5 Å². The van der Waals surface area contributed by atoms with E-state index in [9.17, 15) is 0 Å². The van der Waals surface area contributed by atoms with Gasteiger partial charge in [-0.25, -0.2) is 9.67 Å². The van der Waals surface area contributed by atoms with Crippen LogP contribution in [0, 0.1) is 5.92 Å². The molecule has 0 spiro atoms. The van der Waals surface area contributed by atoms with Gasteiger partial charge < -0.3 is 0 Å². The Kier molecular flexibility index (Phi) is 6.47. The van der Waals surface area contributed by atoms with Crippen molar-refractivity contribution in [1.82, 2.24) is 20.2 Å². The lowest BCUT2D eigenvalue weighted by Crippen LogP contribution is -2.37. The number of halogens is 1. The fraction of sp³-hybridized carbons (Fsp3) is 0.818. The topological polar surface area (TPSA) is 68.8 Å². The normalized spacial score (nSPS) is 13.2. The van der Waals surface area contributed by atoms with E-state index in [1.807, 2.05) is 4.68 Å². The number of nitrogens with one attached hydrogen (secondary N) is 1. The summed E-state index contributed by atoms with van der Waals surface area (Å²) in [4.78, 5) is 4.29. The van der Waals surface area contributed by atoms with E-state index in [2.05, 4.69) is 29.4 Å². The molecular weight excluding hydrogens is 238 g/mol. The number of hydrogen-bond donors (Lipinski definition) is 2. The van der Waals surface area contributed by atoms with Crippen molar-refractivity contribution in [3.8, 4) is 0 Å². The number of nitrogens with zero attached hydrogens (tertiary/aromatic N) is 3.